The van der Waals surface area contributed by atoms with E-state index >= 15 is 0 Å². The number of nitrogens with zero attached hydrogens (tertiary/aromatic N) is 9. The Morgan fingerprint density at radius 2 is 0.523 bits per heavy atom. The number of halogens is 3. The molecule has 1 fully saturated rings. The molecule has 1 aliphatic heterocycles. The van der Waals surface area contributed by atoms with Crippen molar-refractivity contribution in [1.29, 1.82) is 0 Å². The summed E-state index contributed by atoms with van der Waals surface area (Å²) in [4.78, 5) is 42.3. The maximum absolute atomic E-state index is 8.94. The van der Waals surface area contributed by atoms with E-state index in [1.807, 2.05) is 309 Å². The highest BCUT2D eigenvalue weighted by Crippen LogP contribution is 2.46. The van der Waals surface area contributed by atoms with Crippen LogP contribution in [0.1, 0.15) is 27.7 Å². The lowest BCUT2D eigenvalue weighted by molar-refractivity contribution is 0.00578. The van der Waals surface area contributed by atoms with Crippen LogP contribution in [0.2, 0.25) is 5.28 Å². The number of furan rings is 3. The summed E-state index contributed by atoms with van der Waals surface area (Å²) in [6, 6.07) is 132. The summed E-state index contributed by atoms with van der Waals surface area (Å²) in [5.74, 6) is 4.92. The molecule has 7 heterocycles. The number of hydrogen-bond acceptors (Lipinski definition) is 16. The molecule has 0 saturated carbocycles. The van der Waals surface area contributed by atoms with Crippen LogP contribution in [0, 0.1) is 0 Å². The summed E-state index contributed by atoms with van der Waals surface area (Å²) < 4.78 is 32.5. The minimum absolute atomic E-state index is 0.202. The summed E-state index contributed by atoms with van der Waals surface area (Å²) in [5.41, 5.74) is 19.9. The molecule has 132 heavy (non-hydrogen) atoms. The van der Waals surface area contributed by atoms with Crippen molar-refractivity contribution in [2.24, 2.45) is 0 Å². The van der Waals surface area contributed by atoms with Crippen LogP contribution in [0.15, 0.2) is 423 Å². The number of rotatable bonds is 13. The molecule has 0 amide bonds. The summed E-state index contributed by atoms with van der Waals surface area (Å²) in [6.45, 7) is 8.25. The number of fused-ring (bicyclic) bond motifs is 9. The van der Waals surface area contributed by atoms with Gasteiger partial charge in [-0.3, -0.25) is 0 Å². The molecular weight excluding hydrogens is 1790 g/mol. The normalized spacial score (nSPS) is 12.5. The largest absolute Gasteiger partial charge is 0.496 e. The first-order valence-corrected chi connectivity index (χ1v) is 44.9. The van der Waals surface area contributed by atoms with Crippen molar-refractivity contribution >= 4 is 134 Å². The third-order valence-corrected chi connectivity index (χ3v) is 25.0. The third kappa shape index (κ3) is 18.6. The first-order chi connectivity index (χ1) is 64.5. The van der Waals surface area contributed by atoms with Gasteiger partial charge in [0.1, 0.15) is 33.5 Å². The second-order valence-electron chi connectivity index (χ2n) is 32.3. The molecule has 0 atom stereocenters. The standard InChI is InChI=1S/C39H25N3O.C27H16BrN3O.C18H18BBrO3.C15H10ClN3.C12H11BO2/c1-4-12-26(13-5-1)27-20-22-28(23-21-27)35-32(24-25-34-36(35)31-18-10-11-19-33(31)43-34)39-41-37(29-14-6-2-7-15-29)40-38(42-39)30-16-8-3-9-17-30;28-24-20(15-16-22-23(24)19-13-7-8-14-21(19)32-22)27-30-25(17-9-3-1-4-10-17)29-26(31-27)18-11-5-2-6-12-18;1-17(2)18(3,4)23-19(22-17)12-9-10-14-15(16(12)20)11-7-5-6-8-13(11)21-14;16-15-18-13(11-7-3-1-4-8-11)17-14(19-15)12-9-5-2-6-10-12;14-13(15)12-8-6-11(7-9-12)10-4-2-1-3-5-10/h1-25H;1-16H;5-10H,1-4H3;1-10H;1-9,14-15H. The topological polar surface area (TPSA) is 214 Å². The summed E-state index contributed by atoms with van der Waals surface area (Å²) in [5, 5.41) is 24.4. The Morgan fingerprint density at radius 3 is 0.886 bits per heavy atom. The summed E-state index contributed by atoms with van der Waals surface area (Å²) in [6.07, 6.45) is 0. The maximum atomic E-state index is 8.94. The van der Waals surface area contributed by atoms with Gasteiger partial charge in [0.15, 0.2) is 46.6 Å². The number of para-hydroxylation sites is 3. The predicted molar refractivity (Wildman–Crippen MR) is 540 cm³/mol. The molecule has 6 aromatic heterocycles. The zero-order chi connectivity index (χ0) is 90.2. The zero-order valence-corrected chi connectivity index (χ0v) is 75.8. The molecule has 22 aromatic rings. The van der Waals surface area contributed by atoms with Gasteiger partial charge in [0.05, 0.1) is 11.2 Å². The molecule has 16 nitrogen and oxygen atoms in total. The SMILES string of the molecule is Brc1c(-c2nc(-c3ccccc3)nc(-c3ccccc3)n2)ccc2oc3ccccc3c12.CC1(C)OB(c2ccc3oc4ccccc4c3c2Br)OC1(C)C.Clc1nc(-c2ccccc2)nc(-c2ccccc2)n1.OB(O)c1ccc(-c2ccccc2)cc1.c1ccc(-c2ccc(-c3c(-c4nc(-c5ccccc5)nc(-c5ccccc5)n4)ccc4oc5ccccc5c34)cc2)cc1. The van der Waals surface area contributed by atoms with E-state index in [1.54, 1.807) is 12.1 Å². The molecule has 638 valence electrons. The lowest BCUT2D eigenvalue weighted by Crippen LogP contribution is -2.41. The van der Waals surface area contributed by atoms with E-state index in [9.17, 15) is 0 Å². The Labute approximate surface area is 784 Å². The molecule has 1 saturated heterocycles. The minimum atomic E-state index is -1.39. The van der Waals surface area contributed by atoms with Gasteiger partial charge < -0.3 is 32.6 Å². The van der Waals surface area contributed by atoms with Crippen LogP contribution in [0.4, 0.5) is 0 Å². The van der Waals surface area contributed by atoms with Crippen LogP contribution < -0.4 is 10.9 Å². The summed E-state index contributed by atoms with van der Waals surface area (Å²) >= 11 is 13.6. The van der Waals surface area contributed by atoms with E-state index in [-0.39, 0.29) is 16.5 Å². The average molecular weight is 1870 g/mol. The monoisotopic (exact) mass is 1870 g/mol. The Balaban J connectivity index is 0.000000112. The first-order valence-electron chi connectivity index (χ1n) is 42.9. The van der Waals surface area contributed by atoms with E-state index in [0.717, 1.165) is 153 Å². The molecular formula is C111H80B2Br2ClN9O7. The van der Waals surface area contributed by atoms with Crippen molar-refractivity contribution in [3.05, 3.63) is 415 Å². The Kier molecular flexibility index (Phi) is 25.2. The van der Waals surface area contributed by atoms with E-state index in [4.69, 9.17) is 74.1 Å². The third-order valence-electron chi connectivity index (χ3n) is 23.2. The quantitative estimate of drug-likeness (QED) is 0.103. The van der Waals surface area contributed by atoms with E-state index < -0.39 is 14.2 Å². The molecule has 0 spiro atoms. The zero-order valence-electron chi connectivity index (χ0n) is 71.9. The highest BCUT2D eigenvalue weighted by molar-refractivity contribution is 9.11. The van der Waals surface area contributed by atoms with E-state index in [2.05, 4.69) is 153 Å². The fourth-order valence-electron chi connectivity index (χ4n) is 15.8. The van der Waals surface area contributed by atoms with Gasteiger partial charge in [0.2, 0.25) is 5.28 Å². The van der Waals surface area contributed by atoms with Gasteiger partial charge in [-0.1, -0.05) is 368 Å². The van der Waals surface area contributed by atoms with Crippen molar-refractivity contribution in [3.63, 3.8) is 0 Å². The van der Waals surface area contributed by atoms with Crippen molar-refractivity contribution in [1.82, 2.24) is 44.9 Å². The molecule has 21 heteroatoms. The lowest BCUT2D eigenvalue weighted by Gasteiger charge is -2.32. The molecule has 1 aliphatic rings. The molecule has 2 N–H and O–H groups in total. The molecule has 0 radical (unpaired) electrons. The van der Waals surface area contributed by atoms with E-state index in [0.29, 0.717) is 52.1 Å². The van der Waals surface area contributed by atoms with Crippen LogP contribution >= 0.6 is 43.5 Å². The fraction of sp³-hybridized carbons (Fsp3) is 0.0541. The van der Waals surface area contributed by atoms with Crippen LogP contribution in [-0.2, 0) is 9.31 Å². The van der Waals surface area contributed by atoms with Crippen LogP contribution in [0.25, 0.3) is 190 Å². The van der Waals surface area contributed by atoms with Gasteiger partial charge >= 0.3 is 14.2 Å². The first kappa shape index (κ1) is 86.5. The fourth-order valence-corrected chi connectivity index (χ4v) is 17.4. The molecule has 0 aliphatic carbocycles. The average Bonchev–Trinajstić information content (AvgIpc) is 1.58. The second-order valence-corrected chi connectivity index (χ2v) is 34.2. The molecule has 16 aromatic carbocycles. The Bertz CT molecular complexity index is 7650. The number of aromatic nitrogens is 9. The smallest absolute Gasteiger partial charge is 0.456 e. The van der Waals surface area contributed by atoms with Gasteiger partial charge in [0.25, 0.3) is 0 Å². The van der Waals surface area contributed by atoms with Gasteiger partial charge in [-0.2, -0.15) is 9.97 Å². The Hall–Kier alpha value is -14.8. The molecule has 0 bridgehead atoms. The van der Waals surface area contributed by atoms with Crippen molar-refractivity contribution in [2.75, 3.05) is 0 Å². The second kappa shape index (κ2) is 38.5. The van der Waals surface area contributed by atoms with Crippen LogP contribution in [0.3, 0.4) is 0 Å². The number of benzene rings is 16. The van der Waals surface area contributed by atoms with Crippen LogP contribution in [-0.4, -0.2) is 80.3 Å². The highest BCUT2D eigenvalue weighted by Gasteiger charge is 2.52. The van der Waals surface area contributed by atoms with Gasteiger partial charge in [-0.05, 0) is 142 Å². The van der Waals surface area contributed by atoms with Crippen molar-refractivity contribution in [2.45, 2.75) is 38.9 Å². The maximum Gasteiger partial charge on any atom is 0.496 e. The van der Waals surface area contributed by atoms with Gasteiger partial charge in [0, 0.05) is 91.3 Å². The lowest BCUT2D eigenvalue weighted by atomic mass is 9.78. The minimum Gasteiger partial charge on any atom is -0.456 e. The van der Waals surface area contributed by atoms with Crippen molar-refractivity contribution < 1.29 is 32.6 Å². The van der Waals surface area contributed by atoms with Gasteiger partial charge in [-0.15, -0.1) is 0 Å². The molecule has 23 rings (SSSR count). The number of hydrogen-bond donors (Lipinski definition) is 2. The Morgan fingerprint density at radius 1 is 0.258 bits per heavy atom. The van der Waals surface area contributed by atoms with Crippen molar-refractivity contribution in [3.8, 4) is 124 Å². The summed E-state index contributed by atoms with van der Waals surface area (Å²) in [7, 11) is -1.79. The predicted octanol–water partition coefficient (Wildman–Crippen LogP) is 27.2. The van der Waals surface area contributed by atoms with E-state index in [1.165, 1.54) is 5.56 Å². The van der Waals surface area contributed by atoms with Crippen LogP contribution in [0.5, 0.6) is 0 Å². The van der Waals surface area contributed by atoms with Gasteiger partial charge in [-0.25, -0.2) is 34.9 Å². The molecule has 0 unspecified atom stereocenters. The highest BCUT2D eigenvalue weighted by atomic mass is 79.9.